The summed E-state index contributed by atoms with van der Waals surface area (Å²) in [4.78, 5) is 16.4. The number of hydrogen-bond acceptors (Lipinski definition) is 3. The smallest absolute Gasteiger partial charge is 0.262 e. The molecule has 1 aliphatic carbocycles. The molecule has 1 aromatic carbocycles. The van der Waals surface area contributed by atoms with Crippen molar-refractivity contribution in [3.05, 3.63) is 47.4 Å². The molecule has 100 valence electrons. The Bertz CT molecular complexity index is 816. The van der Waals surface area contributed by atoms with Gasteiger partial charge in [0, 0.05) is 22.2 Å². The van der Waals surface area contributed by atoms with Crippen LogP contribution in [-0.4, -0.2) is 14.8 Å². The van der Waals surface area contributed by atoms with Crippen LogP contribution in [0.15, 0.2) is 36.8 Å². The van der Waals surface area contributed by atoms with Gasteiger partial charge in [0.15, 0.2) is 0 Å². The van der Waals surface area contributed by atoms with Crippen molar-refractivity contribution < 1.29 is 4.79 Å². The number of nitrogens with zero attached hydrogens (tertiary/aromatic N) is 2. The molecule has 0 N–H and O–H groups in total. The summed E-state index contributed by atoms with van der Waals surface area (Å²) in [6, 6.07) is 7.90. The van der Waals surface area contributed by atoms with Crippen LogP contribution in [0.5, 0.6) is 0 Å². The molecule has 0 bridgehead atoms. The third-order valence-corrected chi connectivity index (χ3v) is 5.02. The summed E-state index contributed by atoms with van der Waals surface area (Å²) >= 11 is 7.00. The van der Waals surface area contributed by atoms with Gasteiger partial charge in [0.25, 0.3) is 5.24 Å². The van der Waals surface area contributed by atoms with Gasteiger partial charge in [0.05, 0.1) is 22.6 Å². The van der Waals surface area contributed by atoms with Gasteiger partial charge in [-0.05, 0) is 42.6 Å². The van der Waals surface area contributed by atoms with Crippen LogP contribution in [0.25, 0.3) is 15.8 Å². The van der Waals surface area contributed by atoms with Crippen LogP contribution in [0.3, 0.4) is 0 Å². The Balaban J connectivity index is 1.86. The fraction of sp³-hybridized carbons (Fsp3) is 0.200. The molecule has 0 radical (unpaired) electrons. The average molecular weight is 303 g/mol. The Hall–Kier alpha value is -1.65. The van der Waals surface area contributed by atoms with Crippen molar-refractivity contribution in [1.82, 2.24) is 9.55 Å². The number of carbonyl (C=O) groups is 1. The van der Waals surface area contributed by atoms with Crippen LogP contribution >= 0.6 is 22.9 Å². The summed E-state index contributed by atoms with van der Waals surface area (Å²) in [5.41, 5.74) is 2.20. The molecule has 0 spiro atoms. The number of fused-ring (bicyclic) bond motifs is 1. The number of thiophene rings is 1. The average Bonchev–Trinajstić information content (AvgIpc) is 3.02. The maximum absolute atomic E-state index is 11.3. The SMILES string of the molecule is O=C(Cl)c1cc2c(-n3cnc(C4CC4)c3)cccc2s1. The molecule has 20 heavy (non-hydrogen) atoms. The minimum Gasteiger partial charge on any atom is -0.305 e. The van der Waals surface area contributed by atoms with Crippen LogP contribution < -0.4 is 0 Å². The minimum absolute atomic E-state index is 0.401. The highest BCUT2D eigenvalue weighted by molar-refractivity contribution is 7.22. The molecule has 1 aliphatic rings. The van der Waals surface area contributed by atoms with Crippen molar-refractivity contribution in [2.75, 3.05) is 0 Å². The van der Waals surface area contributed by atoms with Gasteiger partial charge in [-0.2, -0.15) is 0 Å². The molecule has 2 aromatic heterocycles. The summed E-state index contributed by atoms with van der Waals surface area (Å²) in [5.74, 6) is 0.637. The number of benzene rings is 1. The van der Waals surface area contributed by atoms with Crippen molar-refractivity contribution in [2.45, 2.75) is 18.8 Å². The highest BCUT2D eigenvalue weighted by Crippen LogP contribution is 2.39. The molecule has 3 nitrogen and oxygen atoms in total. The fourth-order valence-corrected chi connectivity index (χ4v) is 3.51. The topological polar surface area (TPSA) is 34.9 Å². The van der Waals surface area contributed by atoms with Gasteiger partial charge < -0.3 is 4.57 Å². The number of hydrogen-bond donors (Lipinski definition) is 0. The molecule has 0 unspecified atom stereocenters. The van der Waals surface area contributed by atoms with Gasteiger partial charge in [-0.15, -0.1) is 11.3 Å². The summed E-state index contributed by atoms with van der Waals surface area (Å²) in [6.07, 6.45) is 6.42. The Morgan fingerprint density at radius 2 is 2.25 bits per heavy atom. The van der Waals surface area contributed by atoms with E-state index in [1.807, 2.05) is 35.2 Å². The van der Waals surface area contributed by atoms with Gasteiger partial charge >= 0.3 is 0 Å². The summed E-state index contributed by atoms with van der Waals surface area (Å²) in [7, 11) is 0. The number of rotatable bonds is 3. The number of carbonyl (C=O) groups excluding carboxylic acids is 1. The maximum Gasteiger partial charge on any atom is 0.262 e. The van der Waals surface area contributed by atoms with Crippen molar-refractivity contribution in [3.63, 3.8) is 0 Å². The van der Waals surface area contributed by atoms with Crippen LogP contribution in [0, 0.1) is 0 Å². The summed E-state index contributed by atoms with van der Waals surface area (Å²) in [6.45, 7) is 0. The first-order valence-corrected chi connectivity index (χ1v) is 7.68. The highest BCUT2D eigenvalue weighted by Gasteiger charge is 2.26. The van der Waals surface area contributed by atoms with Crippen LogP contribution in [0.1, 0.15) is 34.1 Å². The molecule has 0 atom stereocenters. The second-order valence-corrected chi connectivity index (χ2v) is 6.48. The third kappa shape index (κ3) is 1.96. The highest BCUT2D eigenvalue weighted by atomic mass is 35.5. The molecule has 0 amide bonds. The van der Waals surface area contributed by atoms with Gasteiger partial charge in [0.2, 0.25) is 0 Å². The summed E-state index contributed by atoms with van der Waals surface area (Å²) < 4.78 is 3.10. The van der Waals surface area contributed by atoms with Crippen LogP contribution in [-0.2, 0) is 0 Å². The Kier molecular flexibility index (Phi) is 2.69. The molecule has 2 heterocycles. The molecule has 1 saturated carbocycles. The Labute approximate surface area is 124 Å². The van der Waals surface area contributed by atoms with E-state index in [1.165, 1.54) is 24.2 Å². The quantitative estimate of drug-likeness (QED) is 0.674. The molecular weight excluding hydrogens is 292 g/mol. The first kappa shape index (κ1) is 12.1. The largest absolute Gasteiger partial charge is 0.305 e. The van der Waals surface area contributed by atoms with Gasteiger partial charge in [-0.25, -0.2) is 4.98 Å². The second kappa shape index (κ2) is 4.43. The molecule has 5 heteroatoms. The molecular formula is C15H11ClN2OS. The van der Waals surface area contributed by atoms with Gasteiger partial charge in [0.1, 0.15) is 0 Å². The maximum atomic E-state index is 11.3. The van der Waals surface area contributed by atoms with Crippen molar-refractivity contribution in [3.8, 4) is 5.69 Å². The molecule has 4 rings (SSSR count). The lowest BCUT2D eigenvalue weighted by molar-refractivity contribution is 0.108. The molecule has 1 fully saturated rings. The van der Waals surface area contributed by atoms with Crippen molar-refractivity contribution in [1.29, 1.82) is 0 Å². The van der Waals surface area contributed by atoms with E-state index in [9.17, 15) is 4.79 Å². The Morgan fingerprint density at radius 3 is 3.00 bits per heavy atom. The minimum atomic E-state index is -0.401. The normalized spacial score (nSPS) is 14.8. The van der Waals surface area contributed by atoms with E-state index in [1.54, 1.807) is 0 Å². The third-order valence-electron chi connectivity index (χ3n) is 3.61. The number of imidazole rings is 1. The lowest BCUT2D eigenvalue weighted by Gasteiger charge is -2.03. The summed E-state index contributed by atoms with van der Waals surface area (Å²) in [5, 5.41) is 0.641. The zero-order valence-electron chi connectivity index (χ0n) is 10.5. The van der Waals surface area contributed by atoms with Gasteiger partial charge in [-0.3, -0.25) is 4.79 Å². The molecule has 0 saturated heterocycles. The van der Waals surface area contributed by atoms with Crippen molar-refractivity contribution >= 4 is 38.3 Å². The van der Waals surface area contributed by atoms with E-state index in [-0.39, 0.29) is 0 Å². The zero-order chi connectivity index (χ0) is 13.7. The molecule has 0 aliphatic heterocycles. The van der Waals surface area contributed by atoms with Crippen LogP contribution in [0.4, 0.5) is 0 Å². The van der Waals surface area contributed by atoms with E-state index >= 15 is 0 Å². The lowest BCUT2D eigenvalue weighted by atomic mass is 10.2. The number of aromatic nitrogens is 2. The first-order valence-electron chi connectivity index (χ1n) is 6.49. The fourth-order valence-electron chi connectivity index (χ4n) is 2.43. The Morgan fingerprint density at radius 1 is 1.40 bits per heavy atom. The standard InChI is InChI=1S/C15H11ClN2OS/c16-15(19)14-6-10-12(2-1-3-13(10)20-14)18-7-11(17-8-18)9-4-5-9/h1-3,6-9H,4-5H2. The predicted molar refractivity (Wildman–Crippen MR) is 81.1 cm³/mol. The van der Waals surface area contributed by atoms with Gasteiger partial charge in [-0.1, -0.05) is 6.07 Å². The molecule has 3 aromatic rings. The second-order valence-electron chi connectivity index (χ2n) is 5.05. The van der Waals surface area contributed by atoms with Crippen LogP contribution in [0.2, 0.25) is 0 Å². The van der Waals surface area contributed by atoms with E-state index in [4.69, 9.17) is 11.6 Å². The predicted octanol–water partition coefficient (Wildman–Crippen LogP) is 4.34. The van der Waals surface area contributed by atoms with E-state index < -0.39 is 5.24 Å². The van der Waals surface area contributed by atoms with E-state index in [2.05, 4.69) is 11.2 Å². The van der Waals surface area contributed by atoms with E-state index in [0.717, 1.165) is 21.5 Å². The first-order chi connectivity index (χ1) is 9.72. The number of halogens is 1. The zero-order valence-corrected chi connectivity index (χ0v) is 12.1. The lowest BCUT2D eigenvalue weighted by Crippen LogP contribution is -1.90. The van der Waals surface area contributed by atoms with Crippen molar-refractivity contribution in [2.24, 2.45) is 0 Å². The monoisotopic (exact) mass is 302 g/mol. The van der Waals surface area contributed by atoms with E-state index in [0.29, 0.717) is 10.8 Å².